The average molecular weight is 257 g/mol. The lowest BCUT2D eigenvalue weighted by Gasteiger charge is -2.08. The van der Waals surface area contributed by atoms with Gasteiger partial charge in [0.15, 0.2) is 6.29 Å². The lowest BCUT2D eigenvalue weighted by molar-refractivity contribution is 0.111. The van der Waals surface area contributed by atoms with Gasteiger partial charge in [-0.05, 0) is 30.2 Å². The van der Waals surface area contributed by atoms with Crippen molar-refractivity contribution >= 4 is 6.29 Å². The predicted molar refractivity (Wildman–Crippen MR) is 71.1 cm³/mol. The van der Waals surface area contributed by atoms with Gasteiger partial charge >= 0.3 is 0 Å². The van der Waals surface area contributed by atoms with Gasteiger partial charge in [0.2, 0.25) is 0 Å². The molecule has 2 aromatic rings. The summed E-state index contributed by atoms with van der Waals surface area (Å²) in [6.45, 7) is 2.21. The molecule has 4 heteroatoms. The third kappa shape index (κ3) is 3.39. The Morgan fingerprint density at radius 2 is 1.84 bits per heavy atom. The van der Waals surface area contributed by atoms with Crippen LogP contribution in [0.1, 0.15) is 27.3 Å². The molecular formula is C15H15NO3. The van der Waals surface area contributed by atoms with Gasteiger partial charge in [-0.1, -0.05) is 24.3 Å². The number of hydrogen-bond acceptors (Lipinski definition) is 4. The quantitative estimate of drug-likeness (QED) is 0.835. The molecule has 0 radical (unpaired) electrons. The fourth-order valence-corrected chi connectivity index (χ4v) is 1.67. The number of carbonyl (C=O) groups is 1. The van der Waals surface area contributed by atoms with E-state index in [1.165, 1.54) is 0 Å². The minimum atomic E-state index is 0.0261. The Labute approximate surface area is 111 Å². The molecule has 0 saturated carbocycles. The van der Waals surface area contributed by atoms with Crippen LogP contribution in [0.15, 0.2) is 36.4 Å². The summed E-state index contributed by atoms with van der Waals surface area (Å²) in [5.41, 5.74) is 2.91. The van der Waals surface area contributed by atoms with Crippen molar-refractivity contribution < 1.29 is 14.6 Å². The molecule has 4 nitrogen and oxygen atoms in total. The predicted octanol–water partition coefficient (Wildman–Crippen LogP) is 2.27. The van der Waals surface area contributed by atoms with Crippen LogP contribution in [-0.4, -0.2) is 16.4 Å². The first kappa shape index (κ1) is 13.2. The third-order valence-electron chi connectivity index (χ3n) is 2.74. The van der Waals surface area contributed by atoms with E-state index in [9.17, 15) is 4.79 Å². The Hall–Kier alpha value is -2.20. The first-order valence-electron chi connectivity index (χ1n) is 5.97. The zero-order valence-corrected chi connectivity index (χ0v) is 10.7. The number of aliphatic hydroxyl groups excluding tert-OH is 1. The Bertz CT molecular complexity index is 564. The van der Waals surface area contributed by atoms with Crippen molar-refractivity contribution in [2.75, 3.05) is 0 Å². The topological polar surface area (TPSA) is 59.4 Å². The maximum Gasteiger partial charge on any atom is 0.172 e. The summed E-state index contributed by atoms with van der Waals surface area (Å²) in [5, 5.41) is 8.95. The van der Waals surface area contributed by atoms with Crippen LogP contribution < -0.4 is 4.74 Å². The zero-order chi connectivity index (χ0) is 13.7. The molecule has 1 aromatic carbocycles. The molecule has 2 rings (SSSR count). The van der Waals surface area contributed by atoms with Crippen molar-refractivity contribution in [2.24, 2.45) is 0 Å². The number of aryl methyl sites for hydroxylation is 1. The molecule has 0 spiro atoms. The summed E-state index contributed by atoms with van der Waals surface area (Å²) in [6.07, 6.45) is 0.692. The molecule has 0 bridgehead atoms. The number of aliphatic hydroxyl groups is 1. The average Bonchev–Trinajstić information content (AvgIpc) is 2.46. The number of rotatable bonds is 5. The van der Waals surface area contributed by atoms with E-state index in [0.29, 0.717) is 24.3 Å². The number of aldehydes is 1. The highest BCUT2D eigenvalue weighted by atomic mass is 16.5. The van der Waals surface area contributed by atoms with Gasteiger partial charge in [0.1, 0.15) is 18.1 Å². The fourth-order valence-electron chi connectivity index (χ4n) is 1.67. The van der Waals surface area contributed by atoms with Crippen molar-refractivity contribution in [3.63, 3.8) is 0 Å². The highest BCUT2D eigenvalue weighted by Gasteiger charge is 2.05. The highest BCUT2D eigenvalue weighted by Crippen LogP contribution is 2.17. The minimum absolute atomic E-state index is 0.0261. The van der Waals surface area contributed by atoms with E-state index in [4.69, 9.17) is 9.84 Å². The van der Waals surface area contributed by atoms with E-state index >= 15 is 0 Å². The normalized spacial score (nSPS) is 10.2. The van der Waals surface area contributed by atoms with Gasteiger partial charge in [-0.25, -0.2) is 4.98 Å². The van der Waals surface area contributed by atoms with E-state index in [1.807, 2.05) is 31.2 Å². The molecule has 1 aromatic heterocycles. The van der Waals surface area contributed by atoms with Crippen molar-refractivity contribution in [2.45, 2.75) is 20.1 Å². The second-order valence-electron chi connectivity index (χ2n) is 4.22. The van der Waals surface area contributed by atoms with Gasteiger partial charge in [-0.3, -0.25) is 4.79 Å². The van der Waals surface area contributed by atoms with Crippen LogP contribution in [-0.2, 0) is 13.2 Å². The Balaban J connectivity index is 2.07. The van der Waals surface area contributed by atoms with Gasteiger partial charge in [-0.2, -0.15) is 0 Å². The second kappa shape index (κ2) is 6.11. The summed E-state index contributed by atoms with van der Waals surface area (Å²) >= 11 is 0. The smallest absolute Gasteiger partial charge is 0.172 e. The molecule has 1 N–H and O–H groups in total. The molecule has 98 valence electrons. The maximum atomic E-state index is 10.9. The summed E-state index contributed by atoms with van der Waals surface area (Å²) < 4.78 is 5.59. The molecule has 0 unspecified atom stereocenters. The van der Waals surface area contributed by atoms with E-state index < -0.39 is 0 Å². The Kier molecular flexibility index (Phi) is 4.26. The van der Waals surface area contributed by atoms with E-state index in [1.54, 1.807) is 12.1 Å². The van der Waals surface area contributed by atoms with Crippen LogP contribution in [0, 0.1) is 6.92 Å². The second-order valence-corrected chi connectivity index (χ2v) is 4.22. The molecule has 0 aliphatic heterocycles. The van der Waals surface area contributed by atoms with E-state index in [-0.39, 0.29) is 6.61 Å². The Morgan fingerprint density at radius 3 is 2.47 bits per heavy atom. The van der Waals surface area contributed by atoms with Gasteiger partial charge in [0.25, 0.3) is 0 Å². The lowest BCUT2D eigenvalue weighted by Crippen LogP contribution is -2.01. The summed E-state index contributed by atoms with van der Waals surface area (Å²) in [4.78, 5) is 15.0. The summed E-state index contributed by atoms with van der Waals surface area (Å²) in [5.74, 6) is 0.479. The number of aromatic nitrogens is 1. The van der Waals surface area contributed by atoms with Crippen LogP contribution in [0.25, 0.3) is 0 Å². The van der Waals surface area contributed by atoms with Gasteiger partial charge in [-0.15, -0.1) is 0 Å². The number of carbonyl (C=O) groups excluding carboxylic acids is 1. The lowest BCUT2D eigenvalue weighted by atomic mass is 10.1. The van der Waals surface area contributed by atoms with Crippen molar-refractivity contribution in [1.29, 1.82) is 0 Å². The third-order valence-corrected chi connectivity index (χ3v) is 2.74. The maximum absolute atomic E-state index is 10.9. The largest absolute Gasteiger partial charge is 0.487 e. The van der Waals surface area contributed by atoms with Gasteiger partial charge in [0.05, 0.1) is 6.61 Å². The molecule has 0 atom stereocenters. The number of nitrogens with zero attached hydrogens (tertiary/aromatic N) is 1. The van der Waals surface area contributed by atoms with Crippen LogP contribution >= 0.6 is 0 Å². The highest BCUT2D eigenvalue weighted by molar-refractivity contribution is 5.76. The molecule has 0 amide bonds. The van der Waals surface area contributed by atoms with E-state index in [2.05, 4.69) is 4.98 Å². The summed E-state index contributed by atoms with van der Waals surface area (Å²) in [7, 11) is 0. The molecule has 0 aliphatic rings. The van der Waals surface area contributed by atoms with Crippen molar-refractivity contribution in [3.8, 4) is 5.75 Å². The molecule has 1 heterocycles. The van der Waals surface area contributed by atoms with Crippen molar-refractivity contribution in [1.82, 2.24) is 4.98 Å². The first-order chi connectivity index (χ1) is 9.22. The fraction of sp³-hybridized carbons (Fsp3) is 0.200. The molecular weight excluding hydrogens is 242 g/mol. The van der Waals surface area contributed by atoms with Crippen LogP contribution in [0.5, 0.6) is 5.75 Å². The SMILES string of the molecule is Cc1ccc(OCc2ccc(CO)cc2)c(C=O)n1. The monoisotopic (exact) mass is 257 g/mol. The molecule has 0 aliphatic carbocycles. The van der Waals surface area contributed by atoms with Gasteiger partial charge < -0.3 is 9.84 Å². The molecule has 19 heavy (non-hydrogen) atoms. The molecule has 0 fully saturated rings. The number of hydrogen-bond donors (Lipinski definition) is 1. The molecule has 0 saturated heterocycles. The Morgan fingerprint density at radius 1 is 1.16 bits per heavy atom. The number of ether oxygens (including phenoxy) is 1. The van der Waals surface area contributed by atoms with Crippen molar-refractivity contribution in [3.05, 3.63) is 58.9 Å². The van der Waals surface area contributed by atoms with E-state index in [0.717, 1.165) is 16.8 Å². The standard InChI is InChI=1S/C15H15NO3/c1-11-2-7-15(14(9-18)16-11)19-10-13-5-3-12(8-17)4-6-13/h2-7,9,17H,8,10H2,1H3. The first-order valence-corrected chi connectivity index (χ1v) is 5.97. The van der Waals surface area contributed by atoms with Crippen LogP contribution in [0.2, 0.25) is 0 Å². The van der Waals surface area contributed by atoms with Gasteiger partial charge in [0, 0.05) is 5.69 Å². The number of benzene rings is 1. The zero-order valence-electron chi connectivity index (χ0n) is 10.7. The summed E-state index contributed by atoms with van der Waals surface area (Å²) in [6, 6.07) is 11.0. The number of pyridine rings is 1. The minimum Gasteiger partial charge on any atom is -0.487 e. The van der Waals surface area contributed by atoms with Crippen LogP contribution in [0.3, 0.4) is 0 Å². The van der Waals surface area contributed by atoms with Crippen LogP contribution in [0.4, 0.5) is 0 Å².